The predicted octanol–water partition coefficient (Wildman–Crippen LogP) is 4.28. The Morgan fingerprint density at radius 1 is 0.955 bits per heavy atom. The molecule has 1 atom stereocenters. The van der Waals surface area contributed by atoms with Crippen LogP contribution in [0.4, 0.5) is 0 Å². The van der Waals surface area contributed by atoms with E-state index in [4.69, 9.17) is 9.47 Å². The maximum absolute atomic E-state index is 11.7. The molecule has 0 bridgehead atoms. The lowest BCUT2D eigenvalue weighted by Crippen LogP contribution is -2.12. The number of ether oxygens (including phenoxy) is 2. The van der Waals surface area contributed by atoms with E-state index in [1.807, 2.05) is 54.6 Å². The van der Waals surface area contributed by atoms with Crippen LogP contribution < -0.4 is 9.47 Å². The largest absolute Gasteiger partial charge is 0.493 e. The van der Waals surface area contributed by atoms with Crippen molar-refractivity contribution in [3.05, 3.63) is 65.7 Å². The second-order valence-corrected chi connectivity index (χ2v) is 5.30. The van der Waals surface area contributed by atoms with E-state index in [9.17, 15) is 4.79 Å². The molecule has 0 radical (unpaired) electrons. The Labute approximate surface area is 128 Å². The van der Waals surface area contributed by atoms with E-state index in [0.29, 0.717) is 11.5 Å². The quantitative estimate of drug-likeness (QED) is 0.661. The molecule has 0 spiro atoms. The number of hydrogen-bond acceptors (Lipinski definition) is 3. The number of aldehydes is 1. The monoisotopic (exact) mass is 290 g/mol. The number of carbonyl (C=O) groups is 1. The van der Waals surface area contributed by atoms with Crippen LogP contribution in [-0.4, -0.2) is 13.4 Å². The summed E-state index contributed by atoms with van der Waals surface area (Å²) in [5.41, 5.74) is 1.74. The third kappa shape index (κ3) is 1.72. The number of methoxy groups -OCH3 is 1. The fraction of sp³-hybridized carbons (Fsp3) is 0.105. The van der Waals surface area contributed by atoms with Gasteiger partial charge in [0, 0.05) is 16.5 Å². The molecule has 0 N–H and O–H groups in total. The molecule has 22 heavy (non-hydrogen) atoms. The van der Waals surface area contributed by atoms with E-state index in [1.54, 1.807) is 7.11 Å². The van der Waals surface area contributed by atoms with E-state index >= 15 is 0 Å². The number of carbonyl (C=O) groups excluding carboxylic acids is 1. The summed E-state index contributed by atoms with van der Waals surface area (Å²) in [6, 6.07) is 17.6. The molecule has 1 unspecified atom stereocenters. The first-order valence-electron chi connectivity index (χ1n) is 7.15. The summed E-state index contributed by atoms with van der Waals surface area (Å²) in [7, 11) is 1.60. The van der Waals surface area contributed by atoms with Gasteiger partial charge in [-0.1, -0.05) is 48.5 Å². The van der Waals surface area contributed by atoms with Crippen LogP contribution in [0.25, 0.3) is 10.8 Å². The second kappa shape index (κ2) is 4.88. The van der Waals surface area contributed by atoms with Gasteiger partial charge in [0.25, 0.3) is 0 Å². The number of para-hydroxylation sites is 1. The summed E-state index contributed by atoms with van der Waals surface area (Å²) in [6.07, 6.45) is 0.967. The molecule has 0 aromatic heterocycles. The van der Waals surface area contributed by atoms with Crippen LogP contribution in [0.1, 0.15) is 17.0 Å². The fourth-order valence-corrected chi connectivity index (χ4v) is 3.08. The highest BCUT2D eigenvalue weighted by atomic mass is 16.5. The van der Waals surface area contributed by atoms with Crippen molar-refractivity contribution in [1.29, 1.82) is 0 Å². The lowest BCUT2D eigenvalue weighted by Gasteiger charge is -2.27. The van der Waals surface area contributed by atoms with Crippen molar-refractivity contribution < 1.29 is 14.3 Å². The molecule has 3 aromatic rings. The van der Waals surface area contributed by atoms with Gasteiger partial charge in [0.2, 0.25) is 0 Å². The lowest BCUT2D eigenvalue weighted by molar-refractivity contribution is -0.108. The molecule has 0 saturated carbocycles. The first kappa shape index (κ1) is 12.9. The SMILES string of the molecule is COc1cccc2c1Oc1c(ccc3ccccc13)C2C=O. The van der Waals surface area contributed by atoms with Gasteiger partial charge >= 0.3 is 0 Å². The van der Waals surface area contributed by atoms with Crippen LogP contribution in [0.2, 0.25) is 0 Å². The number of hydrogen-bond donors (Lipinski definition) is 0. The van der Waals surface area contributed by atoms with Gasteiger partial charge in [-0.2, -0.15) is 0 Å². The topological polar surface area (TPSA) is 35.5 Å². The Morgan fingerprint density at radius 2 is 1.77 bits per heavy atom. The summed E-state index contributed by atoms with van der Waals surface area (Å²) >= 11 is 0. The first-order valence-corrected chi connectivity index (χ1v) is 7.15. The van der Waals surface area contributed by atoms with E-state index in [-0.39, 0.29) is 5.92 Å². The van der Waals surface area contributed by atoms with Gasteiger partial charge in [0.05, 0.1) is 13.0 Å². The van der Waals surface area contributed by atoms with Crippen molar-refractivity contribution in [3.8, 4) is 17.2 Å². The van der Waals surface area contributed by atoms with Crippen molar-refractivity contribution in [2.24, 2.45) is 0 Å². The molecule has 3 aromatic carbocycles. The number of rotatable bonds is 2. The molecule has 1 aliphatic rings. The smallest absolute Gasteiger partial charge is 0.173 e. The zero-order valence-corrected chi connectivity index (χ0v) is 12.1. The number of benzene rings is 3. The molecule has 0 amide bonds. The van der Waals surface area contributed by atoms with E-state index in [0.717, 1.165) is 33.9 Å². The highest BCUT2D eigenvalue weighted by Gasteiger charge is 2.30. The Hall–Kier alpha value is -2.81. The van der Waals surface area contributed by atoms with Crippen LogP contribution in [0.15, 0.2) is 54.6 Å². The third-order valence-corrected chi connectivity index (χ3v) is 4.15. The summed E-state index contributed by atoms with van der Waals surface area (Å²) < 4.78 is 11.6. The molecular weight excluding hydrogens is 276 g/mol. The standard InChI is InChI=1S/C19H14O3/c1-21-17-8-4-7-14-16(11-20)15-10-9-12-5-2-3-6-13(12)18(15)22-19(14)17/h2-11,16H,1H3. The molecule has 3 heteroatoms. The van der Waals surface area contributed by atoms with Crippen LogP contribution in [0.3, 0.4) is 0 Å². The van der Waals surface area contributed by atoms with Crippen molar-refractivity contribution >= 4 is 17.1 Å². The Balaban J connectivity index is 2.03. The summed E-state index contributed by atoms with van der Waals surface area (Å²) in [5.74, 6) is 1.68. The van der Waals surface area contributed by atoms with Gasteiger partial charge in [-0.25, -0.2) is 0 Å². The molecule has 1 heterocycles. The molecule has 108 valence electrons. The third-order valence-electron chi connectivity index (χ3n) is 4.15. The maximum Gasteiger partial charge on any atom is 0.173 e. The van der Waals surface area contributed by atoms with Gasteiger partial charge in [0.15, 0.2) is 11.5 Å². The number of fused-ring (bicyclic) bond motifs is 4. The Bertz CT molecular complexity index is 883. The van der Waals surface area contributed by atoms with Gasteiger partial charge in [0.1, 0.15) is 12.0 Å². The van der Waals surface area contributed by atoms with Gasteiger partial charge in [-0.15, -0.1) is 0 Å². The highest BCUT2D eigenvalue weighted by Crippen LogP contribution is 2.49. The van der Waals surface area contributed by atoms with Gasteiger partial charge in [-0.3, -0.25) is 0 Å². The minimum absolute atomic E-state index is 0.335. The van der Waals surface area contributed by atoms with E-state index in [1.165, 1.54) is 0 Å². The Kier molecular flexibility index (Phi) is 2.86. The first-order chi connectivity index (χ1) is 10.8. The van der Waals surface area contributed by atoms with Crippen molar-refractivity contribution in [1.82, 2.24) is 0 Å². The minimum Gasteiger partial charge on any atom is -0.493 e. The van der Waals surface area contributed by atoms with Crippen LogP contribution in [0, 0.1) is 0 Å². The average Bonchev–Trinajstić information content (AvgIpc) is 2.59. The van der Waals surface area contributed by atoms with Crippen molar-refractivity contribution in [2.45, 2.75) is 5.92 Å². The summed E-state index contributed by atoms with van der Waals surface area (Å²) in [6.45, 7) is 0. The highest BCUT2D eigenvalue weighted by molar-refractivity contribution is 5.93. The van der Waals surface area contributed by atoms with E-state index in [2.05, 4.69) is 0 Å². The normalized spacial score (nSPS) is 15.6. The predicted molar refractivity (Wildman–Crippen MR) is 84.9 cm³/mol. The molecular formula is C19H14O3. The fourth-order valence-electron chi connectivity index (χ4n) is 3.08. The van der Waals surface area contributed by atoms with Gasteiger partial charge < -0.3 is 14.3 Å². The van der Waals surface area contributed by atoms with Crippen LogP contribution >= 0.6 is 0 Å². The summed E-state index contributed by atoms with van der Waals surface area (Å²) in [5, 5.41) is 2.09. The molecule has 0 fully saturated rings. The van der Waals surface area contributed by atoms with Crippen LogP contribution in [-0.2, 0) is 4.79 Å². The van der Waals surface area contributed by atoms with Crippen molar-refractivity contribution in [2.75, 3.05) is 7.11 Å². The minimum atomic E-state index is -0.335. The Morgan fingerprint density at radius 3 is 2.59 bits per heavy atom. The summed E-state index contributed by atoms with van der Waals surface area (Å²) in [4.78, 5) is 11.7. The molecule has 0 saturated heterocycles. The molecule has 3 nitrogen and oxygen atoms in total. The zero-order chi connectivity index (χ0) is 15.1. The maximum atomic E-state index is 11.7. The second-order valence-electron chi connectivity index (χ2n) is 5.30. The van der Waals surface area contributed by atoms with Crippen LogP contribution in [0.5, 0.6) is 17.2 Å². The van der Waals surface area contributed by atoms with Gasteiger partial charge in [-0.05, 0) is 11.5 Å². The molecule has 0 aliphatic carbocycles. The molecule has 4 rings (SSSR count). The van der Waals surface area contributed by atoms with E-state index < -0.39 is 0 Å². The average molecular weight is 290 g/mol. The van der Waals surface area contributed by atoms with Crippen molar-refractivity contribution in [3.63, 3.8) is 0 Å². The lowest BCUT2D eigenvalue weighted by atomic mass is 9.87. The zero-order valence-electron chi connectivity index (χ0n) is 12.1. The molecule has 1 aliphatic heterocycles.